The molecule has 6 nitrogen and oxygen atoms in total. The molecule has 1 aromatic carbocycles. The monoisotopic (exact) mass is 346 g/mol. The summed E-state index contributed by atoms with van der Waals surface area (Å²) in [5.74, 6) is 0.535. The van der Waals surface area contributed by atoms with E-state index in [0.717, 1.165) is 5.69 Å². The van der Waals surface area contributed by atoms with Gasteiger partial charge in [-0.25, -0.2) is 4.98 Å². The summed E-state index contributed by atoms with van der Waals surface area (Å²) in [5, 5.41) is 6.97. The van der Waals surface area contributed by atoms with E-state index in [4.69, 9.17) is 11.6 Å². The van der Waals surface area contributed by atoms with Gasteiger partial charge in [0.1, 0.15) is 5.82 Å². The predicted molar refractivity (Wildman–Crippen MR) is 88.7 cm³/mol. The summed E-state index contributed by atoms with van der Waals surface area (Å²) in [4.78, 5) is 20.3. The Bertz CT molecular complexity index is 791. The molecule has 116 valence electrons. The molecule has 1 amide bonds. The van der Waals surface area contributed by atoms with Gasteiger partial charge in [-0.2, -0.15) is 5.10 Å². The second-order valence-electron chi connectivity index (χ2n) is 4.54. The summed E-state index contributed by atoms with van der Waals surface area (Å²) in [5.41, 5.74) is 0.951. The summed E-state index contributed by atoms with van der Waals surface area (Å²) in [7, 11) is 0. The number of hydrogen-bond acceptors (Lipinski definition) is 4. The maximum atomic E-state index is 12.0. The fourth-order valence-corrected chi connectivity index (χ4v) is 2.74. The van der Waals surface area contributed by atoms with Crippen LogP contribution in [-0.4, -0.2) is 26.7 Å². The number of nitrogens with one attached hydrogen (secondary N) is 2. The average molecular weight is 347 g/mol. The van der Waals surface area contributed by atoms with Crippen molar-refractivity contribution in [1.29, 1.82) is 0 Å². The van der Waals surface area contributed by atoms with Crippen LogP contribution in [0.4, 0.5) is 5.82 Å². The number of hydrogen-bond donors (Lipinski definition) is 2. The number of benzene rings is 1. The average Bonchev–Trinajstić information content (AvgIpc) is 3.04. The number of amides is 1. The molecule has 23 heavy (non-hydrogen) atoms. The molecular formula is C15H13ClN5OS+. The van der Waals surface area contributed by atoms with Crippen molar-refractivity contribution in [2.45, 2.75) is 5.16 Å². The second kappa shape index (κ2) is 7.26. The molecule has 0 spiro atoms. The van der Waals surface area contributed by atoms with Crippen LogP contribution < -0.4 is 10.00 Å². The van der Waals surface area contributed by atoms with Gasteiger partial charge in [0, 0.05) is 6.20 Å². The highest BCUT2D eigenvalue weighted by molar-refractivity contribution is 7.99. The standard InChI is InChI=1S/C15H12ClN5OS/c16-11-6-7-13(17-8-11)20-14(22)9-23-15-18-10-19-21(15)12-4-2-1-3-5-12/h1-8,10H,9H2,(H,17,20,22)/p+1. The van der Waals surface area contributed by atoms with Gasteiger partial charge in [-0.1, -0.05) is 29.8 Å². The molecule has 0 aliphatic heterocycles. The number of halogens is 1. The van der Waals surface area contributed by atoms with E-state index in [2.05, 4.69) is 20.4 Å². The van der Waals surface area contributed by atoms with Crippen LogP contribution in [0, 0.1) is 0 Å². The van der Waals surface area contributed by atoms with Crippen molar-refractivity contribution in [3.63, 3.8) is 0 Å². The topological polar surface area (TPSA) is 74.6 Å². The Morgan fingerprint density at radius 1 is 1.22 bits per heavy atom. The molecule has 8 heteroatoms. The fraction of sp³-hybridized carbons (Fsp3) is 0.0667. The first-order valence-electron chi connectivity index (χ1n) is 6.77. The van der Waals surface area contributed by atoms with Gasteiger partial charge in [-0.3, -0.25) is 4.79 Å². The van der Waals surface area contributed by atoms with Gasteiger partial charge >= 0.3 is 5.16 Å². The van der Waals surface area contributed by atoms with Gasteiger partial charge in [0.05, 0.1) is 10.8 Å². The zero-order valence-corrected chi connectivity index (χ0v) is 13.5. The van der Waals surface area contributed by atoms with Crippen LogP contribution >= 0.6 is 23.4 Å². The summed E-state index contributed by atoms with van der Waals surface area (Å²) < 4.78 is 1.82. The third kappa shape index (κ3) is 4.08. The van der Waals surface area contributed by atoms with Crippen molar-refractivity contribution in [2.75, 3.05) is 11.1 Å². The highest BCUT2D eigenvalue weighted by atomic mass is 35.5. The molecule has 0 aliphatic rings. The summed E-state index contributed by atoms with van der Waals surface area (Å²) in [6.45, 7) is 0. The SMILES string of the molecule is O=C(CSc1nc[nH][n+]1-c1ccccc1)Nc1ccc(Cl)cn1. The van der Waals surface area contributed by atoms with Crippen LogP contribution in [0.15, 0.2) is 60.1 Å². The van der Waals surface area contributed by atoms with Crippen LogP contribution in [-0.2, 0) is 4.79 Å². The maximum absolute atomic E-state index is 12.0. The van der Waals surface area contributed by atoms with E-state index in [-0.39, 0.29) is 11.7 Å². The first kappa shape index (κ1) is 15.5. The van der Waals surface area contributed by atoms with E-state index in [1.54, 1.807) is 18.5 Å². The number of carbonyl (C=O) groups is 1. The summed E-state index contributed by atoms with van der Waals surface area (Å²) in [6.07, 6.45) is 3.08. The first-order chi connectivity index (χ1) is 11.2. The number of aromatic nitrogens is 4. The fourth-order valence-electron chi connectivity index (χ4n) is 1.88. The molecule has 0 radical (unpaired) electrons. The van der Waals surface area contributed by atoms with Crippen molar-refractivity contribution < 1.29 is 9.48 Å². The van der Waals surface area contributed by atoms with Crippen molar-refractivity contribution in [2.24, 2.45) is 0 Å². The van der Waals surface area contributed by atoms with Crippen LogP contribution in [0.2, 0.25) is 5.02 Å². The Balaban J connectivity index is 1.62. The lowest BCUT2D eigenvalue weighted by Gasteiger charge is -2.02. The minimum atomic E-state index is -0.160. The zero-order valence-electron chi connectivity index (χ0n) is 11.9. The lowest BCUT2D eigenvalue weighted by molar-refractivity contribution is -0.694. The Hall–Kier alpha value is -2.38. The molecule has 0 unspecified atom stereocenters. The summed E-state index contributed by atoms with van der Waals surface area (Å²) in [6, 6.07) is 13.1. The van der Waals surface area contributed by atoms with Crippen molar-refractivity contribution in [3.8, 4) is 5.69 Å². The Kier molecular flexibility index (Phi) is 4.89. The van der Waals surface area contributed by atoms with Gasteiger partial charge < -0.3 is 5.32 Å². The first-order valence-corrected chi connectivity index (χ1v) is 8.14. The third-order valence-electron chi connectivity index (χ3n) is 2.89. The van der Waals surface area contributed by atoms with E-state index < -0.39 is 0 Å². The van der Waals surface area contributed by atoms with E-state index in [0.29, 0.717) is 16.0 Å². The number of rotatable bonds is 5. The largest absolute Gasteiger partial charge is 0.385 e. The van der Waals surface area contributed by atoms with E-state index in [9.17, 15) is 4.79 Å². The van der Waals surface area contributed by atoms with Crippen LogP contribution in [0.1, 0.15) is 0 Å². The van der Waals surface area contributed by atoms with Gasteiger partial charge in [-0.05, 0) is 41.0 Å². The predicted octanol–water partition coefficient (Wildman–Crippen LogP) is 2.47. The Morgan fingerprint density at radius 2 is 2.04 bits per heavy atom. The molecule has 2 N–H and O–H groups in total. The molecule has 0 saturated heterocycles. The maximum Gasteiger partial charge on any atom is 0.385 e. The minimum Gasteiger partial charge on any atom is -0.310 e. The van der Waals surface area contributed by atoms with Crippen molar-refractivity contribution >= 4 is 35.1 Å². The van der Waals surface area contributed by atoms with Gasteiger partial charge in [0.25, 0.3) is 0 Å². The molecular weight excluding hydrogens is 334 g/mol. The number of thioether (sulfide) groups is 1. The van der Waals surface area contributed by atoms with Gasteiger partial charge in [-0.15, -0.1) is 4.68 Å². The molecule has 0 fully saturated rings. The molecule has 0 saturated carbocycles. The number of aromatic amines is 1. The van der Waals surface area contributed by atoms with E-state index >= 15 is 0 Å². The lowest BCUT2D eigenvalue weighted by atomic mass is 10.3. The highest BCUT2D eigenvalue weighted by Gasteiger charge is 2.18. The van der Waals surface area contributed by atoms with Crippen LogP contribution in [0.5, 0.6) is 0 Å². The Morgan fingerprint density at radius 3 is 2.78 bits per heavy atom. The van der Waals surface area contributed by atoms with Crippen LogP contribution in [0.3, 0.4) is 0 Å². The quantitative estimate of drug-likeness (QED) is 0.549. The number of pyridine rings is 1. The highest BCUT2D eigenvalue weighted by Crippen LogP contribution is 2.14. The molecule has 2 heterocycles. The number of anilines is 1. The lowest BCUT2D eigenvalue weighted by Crippen LogP contribution is -2.35. The van der Waals surface area contributed by atoms with Crippen molar-refractivity contribution in [1.82, 2.24) is 15.1 Å². The molecule has 0 aliphatic carbocycles. The van der Waals surface area contributed by atoms with E-state index in [1.807, 2.05) is 35.0 Å². The molecule has 0 bridgehead atoms. The zero-order chi connectivity index (χ0) is 16.1. The normalized spacial score (nSPS) is 10.5. The third-order valence-corrected chi connectivity index (χ3v) is 4.07. The number of H-pyrrole nitrogens is 1. The molecule has 2 aromatic heterocycles. The number of para-hydroxylation sites is 1. The number of carbonyl (C=O) groups excluding carboxylic acids is 1. The second-order valence-corrected chi connectivity index (χ2v) is 5.92. The molecule has 3 aromatic rings. The molecule has 3 rings (SSSR count). The Labute approximate surface area is 141 Å². The minimum absolute atomic E-state index is 0.160. The van der Waals surface area contributed by atoms with E-state index in [1.165, 1.54) is 18.0 Å². The smallest absolute Gasteiger partial charge is 0.310 e. The summed E-state index contributed by atoms with van der Waals surface area (Å²) >= 11 is 7.09. The van der Waals surface area contributed by atoms with Crippen LogP contribution in [0.25, 0.3) is 5.69 Å². The van der Waals surface area contributed by atoms with Gasteiger partial charge in [0.2, 0.25) is 12.2 Å². The van der Waals surface area contributed by atoms with Gasteiger partial charge in [0.15, 0.2) is 5.69 Å². The number of nitrogens with zero attached hydrogens (tertiary/aromatic N) is 3. The van der Waals surface area contributed by atoms with Crippen molar-refractivity contribution in [3.05, 3.63) is 60.0 Å². The molecule has 0 atom stereocenters.